The lowest BCUT2D eigenvalue weighted by Crippen LogP contribution is -2.33. The molecule has 2 N–H and O–H groups in total. The molecule has 0 bridgehead atoms. The highest BCUT2D eigenvalue weighted by Crippen LogP contribution is 2.06. The van der Waals surface area contributed by atoms with Crippen LogP contribution in [-0.4, -0.2) is 34.7 Å². The van der Waals surface area contributed by atoms with Gasteiger partial charge in [-0.3, -0.25) is 4.79 Å². The molecule has 0 saturated carbocycles. The number of rotatable bonds is 3. The molecule has 0 unspecified atom stereocenters. The molecule has 8 nitrogen and oxygen atoms in total. The number of carbonyl (C=O) groups excluding carboxylic acids is 2. The number of aromatic amines is 1. The zero-order valence-corrected chi connectivity index (χ0v) is 11.8. The highest BCUT2D eigenvalue weighted by Gasteiger charge is 2.16. The lowest BCUT2D eigenvalue weighted by molar-refractivity contribution is 0.0520. The first kappa shape index (κ1) is 15.7. The van der Waals surface area contributed by atoms with E-state index in [-0.39, 0.29) is 17.9 Å². The first-order valence-corrected chi connectivity index (χ1v) is 5.86. The van der Waals surface area contributed by atoms with Crippen molar-refractivity contribution in [1.29, 1.82) is 0 Å². The maximum Gasteiger partial charge on any atom is 0.408 e. The molecular formula is C12H17N3O5. The van der Waals surface area contributed by atoms with Gasteiger partial charge in [0, 0.05) is 6.20 Å². The minimum Gasteiger partial charge on any atom is -0.465 e. The van der Waals surface area contributed by atoms with E-state index in [1.807, 2.05) is 0 Å². The number of aromatic nitrogens is 2. The molecule has 20 heavy (non-hydrogen) atoms. The monoisotopic (exact) mass is 283 g/mol. The maximum atomic E-state index is 11.6. The number of hydrogen-bond donors (Lipinski definition) is 2. The summed E-state index contributed by atoms with van der Waals surface area (Å²) in [6, 6.07) is 0. The van der Waals surface area contributed by atoms with Gasteiger partial charge in [-0.05, 0) is 20.8 Å². The number of esters is 1. The normalized spacial score (nSPS) is 10.8. The van der Waals surface area contributed by atoms with Crippen molar-refractivity contribution in [3.63, 3.8) is 0 Å². The number of H-pyrrole nitrogens is 1. The van der Waals surface area contributed by atoms with Gasteiger partial charge in [-0.15, -0.1) is 0 Å². The Bertz CT molecular complexity index is 559. The van der Waals surface area contributed by atoms with E-state index >= 15 is 0 Å². The van der Waals surface area contributed by atoms with Crippen LogP contribution in [0, 0.1) is 0 Å². The summed E-state index contributed by atoms with van der Waals surface area (Å²) in [6.07, 6.45) is 0.466. The van der Waals surface area contributed by atoms with E-state index in [4.69, 9.17) is 4.74 Å². The van der Waals surface area contributed by atoms with Crippen LogP contribution < -0.4 is 10.9 Å². The molecule has 1 heterocycles. The van der Waals surface area contributed by atoms with Crippen LogP contribution in [0.4, 0.5) is 4.79 Å². The first-order chi connectivity index (χ1) is 9.23. The van der Waals surface area contributed by atoms with E-state index in [2.05, 4.69) is 20.0 Å². The van der Waals surface area contributed by atoms with Crippen molar-refractivity contribution in [2.75, 3.05) is 7.11 Å². The maximum absolute atomic E-state index is 11.6. The first-order valence-electron chi connectivity index (χ1n) is 5.86. The summed E-state index contributed by atoms with van der Waals surface area (Å²) in [5.74, 6) is -0.570. The minimum absolute atomic E-state index is 0.0222. The molecule has 0 aliphatic heterocycles. The fourth-order valence-electron chi connectivity index (χ4n) is 1.25. The lowest BCUT2D eigenvalue weighted by atomic mass is 10.2. The van der Waals surface area contributed by atoms with Crippen molar-refractivity contribution < 1.29 is 19.1 Å². The Hall–Kier alpha value is -2.38. The van der Waals surface area contributed by atoms with Gasteiger partial charge in [0.15, 0.2) is 0 Å². The van der Waals surface area contributed by atoms with Crippen LogP contribution in [0.1, 0.15) is 37.0 Å². The summed E-state index contributed by atoms with van der Waals surface area (Å²) in [5.41, 5.74) is -1.44. The summed E-state index contributed by atoms with van der Waals surface area (Å²) in [6.45, 7) is 5.18. The standard InChI is InChI=1S/C12H17N3O5/c1-12(2,3)20-11(18)14-6-8-13-5-7(9(16)15-8)10(17)19-4/h5H,6H2,1-4H3,(H,14,18)(H,13,15,16). The third-order valence-corrected chi connectivity index (χ3v) is 2.06. The SMILES string of the molecule is COC(=O)c1cnc(CNC(=O)OC(C)(C)C)[nH]c1=O. The second kappa shape index (κ2) is 6.18. The van der Waals surface area contributed by atoms with Gasteiger partial charge < -0.3 is 19.8 Å². The van der Waals surface area contributed by atoms with Gasteiger partial charge in [0.05, 0.1) is 13.7 Å². The molecular weight excluding hydrogens is 266 g/mol. The Morgan fingerprint density at radius 3 is 2.55 bits per heavy atom. The molecule has 110 valence electrons. The second-order valence-electron chi connectivity index (χ2n) is 4.92. The highest BCUT2D eigenvalue weighted by atomic mass is 16.6. The van der Waals surface area contributed by atoms with E-state index < -0.39 is 23.2 Å². The Morgan fingerprint density at radius 1 is 1.40 bits per heavy atom. The van der Waals surface area contributed by atoms with Crippen LogP contribution in [0.15, 0.2) is 11.0 Å². The van der Waals surface area contributed by atoms with Gasteiger partial charge in [-0.25, -0.2) is 14.6 Å². The van der Waals surface area contributed by atoms with Gasteiger partial charge in [0.1, 0.15) is 17.0 Å². The third kappa shape index (κ3) is 4.71. The summed E-state index contributed by atoms with van der Waals surface area (Å²) in [5, 5.41) is 2.44. The summed E-state index contributed by atoms with van der Waals surface area (Å²) in [7, 11) is 1.17. The van der Waals surface area contributed by atoms with E-state index in [1.165, 1.54) is 7.11 Å². The molecule has 0 aromatic carbocycles. The Kier molecular flexibility index (Phi) is 4.84. The number of nitrogens with one attached hydrogen (secondary N) is 2. The van der Waals surface area contributed by atoms with Crippen LogP contribution in [0.3, 0.4) is 0 Å². The van der Waals surface area contributed by atoms with Gasteiger partial charge in [0.2, 0.25) is 0 Å². The summed E-state index contributed by atoms with van der Waals surface area (Å²) >= 11 is 0. The number of alkyl carbamates (subject to hydrolysis) is 1. The molecule has 1 aromatic rings. The molecule has 0 spiro atoms. The topological polar surface area (TPSA) is 110 Å². The van der Waals surface area contributed by atoms with Gasteiger partial charge >= 0.3 is 12.1 Å². The van der Waals surface area contributed by atoms with Crippen molar-refractivity contribution in [3.05, 3.63) is 27.9 Å². The molecule has 1 rings (SSSR count). The number of nitrogens with zero attached hydrogens (tertiary/aromatic N) is 1. The third-order valence-electron chi connectivity index (χ3n) is 2.06. The lowest BCUT2D eigenvalue weighted by Gasteiger charge is -2.19. The molecule has 0 aliphatic carbocycles. The van der Waals surface area contributed by atoms with Crippen molar-refractivity contribution in [2.45, 2.75) is 32.9 Å². The van der Waals surface area contributed by atoms with Crippen molar-refractivity contribution in [2.24, 2.45) is 0 Å². The van der Waals surface area contributed by atoms with E-state index in [0.717, 1.165) is 6.20 Å². The molecule has 8 heteroatoms. The molecule has 0 fully saturated rings. The molecule has 1 aromatic heterocycles. The highest BCUT2D eigenvalue weighted by molar-refractivity contribution is 5.88. The Labute approximate surface area is 115 Å². The number of amides is 1. The molecule has 0 atom stereocenters. The summed E-state index contributed by atoms with van der Waals surface area (Å²) in [4.78, 5) is 40.4. The average Bonchev–Trinajstić information content (AvgIpc) is 2.33. The van der Waals surface area contributed by atoms with Gasteiger partial charge in [-0.2, -0.15) is 0 Å². The molecule has 0 aliphatic rings. The van der Waals surface area contributed by atoms with E-state index in [9.17, 15) is 14.4 Å². The molecule has 0 radical (unpaired) electrons. The molecule has 1 amide bonds. The number of carbonyl (C=O) groups is 2. The predicted octanol–water partition coefficient (Wildman–Crippen LogP) is 0.581. The van der Waals surface area contributed by atoms with Crippen LogP contribution in [0.5, 0.6) is 0 Å². The predicted molar refractivity (Wildman–Crippen MR) is 69.3 cm³/mol. The van der Waals surface area contributed by atoms with E-state index in [0.29, 0.717) is 0 Å². The largest absolute Gasteiger partial charge is 0.465 e. The van der Waals surface area contributed by atoms with Crippen LogP contribution in [0.25, 0.3) is 0 Å². The van der Waals surface area contributed by atoms with E-state index in [1.54, 1.807) is 20.8 Å². The molecule has 0 saturated heterocycles. The van der Waals surface area contributed by atoms with Crippen molar-refractivity contribution in [1.82, 2.24) is 15.3 Å². The average molecular weight is 283 g/mol. The van der Waals surface area contributed by atoms with Crippen molar-refractivity contribution >= 4 is 12.1 Å². The Balaban J connectivity index is 2.67. The summed E-state index contributed by atoms with van der Waals surface area (Å²) < 4.78 is 9.45. The quantitative estimate of drug-likeness (QED) is 0.785. The van der Waals surface area contributed by atoms with Crippen LogP contribution in [0.2, 0.25) is 0 Å². The zero-order valence-electron chi connectivity index (χ0n) is 11.8. The van der Waals surface area contributed by atoms with Gasteiger partial charge in [-0.1, -0.05) is 0 Å². The number of ether oxygens (including phenoxy) is 2. The smallest absolute Gasteiger partial charge is 0.408 e. The Morgan fingerprint density at radius 2 is 2.05 bits per heavy atom. The van der Waals surface area contributed by atoms with Crippen LogP contribution >= 0.6 is 0 Å². The second-order valence-corrected chi connectivity index (χ2v) is 4.92. The van der Waals surface area contributed by atoms with Crippen molar-refractivity contribution in [3.8, 4) is 0 Å². The minimum atomic E-state index is -0.773. The zero-order chi connectivity index (χ0) is 15.3. The van der Waals surface area contributed by atoms with Crippen LogP contribution in [-0.2, 0) is 16.0 Å². The fourth-order valence-corrected chi connectivity index (χ4v) is 1.25. The number of hydrogen-bond acceptors (Lipinski definition) is 6. The number of methoxy groups -OCH3 is 1. The van der Waals surface area contributed by atoms with Gasteiger partial charge in [0.25, 0.3) is 5.56 Å². The fraction of sp³-hybridized carbons (Fsp3) is 0.500.